The standard InChI is InChI=1S/C19H18BF2IN2/c1-11-10-12(2)24-18(11)16(15-8-6-5-7-9-15)19-13(3)17(23)14(4)25(19)20(24,21)22/h5-10H,1-4H3. The van der Waals surface area contributed by atoms with Crippen LogP contribution in [0.2, 0.25) is 0 Å². The molecule has 1 aromatic heterocycles. The Morgan fingerprint density at radius 3 is 2.32 bits per heavy atom. The first-order chi connectivity index (χ1) is 11.8. The first-order valence-electron chi connectivity index (χ1n) is 8.27. The zero-order valence-electron chi connectivity index (χ0n) is 14.6. The maximum absolute atomic E-state index is 15.6. The van der Waals surface area contributed by atoms with Gasteiger partial charge in [-0.25, -0.2) is 0 Å². The highest BCUT2D eigenvalue weighted by atomic mass is 127. The summed E-state index contributed by atoms with van der Waals surface area (Å²) in [7, 11) is 0. The number of halogens is 3. The normalized spacial score (nSPS) is 18.8. The third-order valence-electron chi connectivity index (χ3n) is 5.18. The Bertz CT molecular complexity index is 1010. The molecular weight excluding hydrogens is 432 g/mol. The van der Waals surface area contributed by atoms with E-state index in [1.165, 1.54) is 8.96 Å². The molecule has 0 saturated carbocycles. The molecule has 0 fully saturated rings. The summed E-state index contributed by atoms with van der Waals surface area (Å²) in [4.78, 5) is 0. The van der Waals surface area contributed by atoms with E-state index in [1.807, 2.05) is 50.2 Å². The van der Waals surface area contributed by atoms with Crippen LogP contribution in [-0.2, 0) is 0 Å². The van der Waals surface area contributed by atoms with Crippen molar-refractivity contribution in [1.82, 2.24) is 4.48 Å². The minimum absolute atomic E-state index is 0.595. The topological polar surface area (TPSA) is 7.94 Å². The zero-order chi connectivity index (χ0) is 18.1. The summed E-state index contributed by atoms with van der Waals surface area (Å²) in [6.45, 7) is 3.49. The van der Waals surface area contributed by atoms with Crippen LogP contribution in [0, 0.1) is 13.8 Å². The van der Waals surface area contributed by atoms with Crippen molar-refractivity contribution in [2.45, 2.75) is 27.7 Å². The van der Waals surface area contributed by atoms with Gasteiger partial charge >= 0.3 is 6.97 Å². The van der Waals surface area contributed by atoms with E-state index in [0.29, 0.717) is 22.8 Å². The van der Waals surface area contributed by atoms with E-state index in [1.54, 1.807) is 13.8 Å². The summed E-state index contributed by atoms with van der Waals surface area (Å²) < 4.78 is 34.6. The van der Waals surface area contributed by atoms with E-state index in [0.717, 1.165) is 25.9 Å². The summed E-state index contributed by atoms with van der Waals surface area (Å²) in [5.41, 5.74) is 6.17. The molecule has 128 valence electrons. The van der Waals surface area contributed by atoms with Gasteiger partial charge in [-0.2, -0.15) is 0 Å². The lowest BCUT2D eigenvalue weighted by Crippen LogP contribution is -2.51. The van der Waals surface area contributed by atoms with Gasteiger partial charge in [-0.15, -0.1) is 0 Å². The minimum atomic E-state index is -3.91. The van der Waals surface area contributed by atoms with Crippen molar-refractivity contribution in [3.05, 3.63) is 73.8 Å². The van der Waals surface area contributed by atoms with E-state index in [9.17, 15) is 0 Å². The molecule has 0 unspecified atom stereocenters. The number of aromatic nitrogens is 1. The molecule has 0 aliphatic carbocycles. The lowest BCUT2D eigenvalue weighted by molar-refractivity contribution is -0.363. The van der Waals surface area contributed by atoms with Crippen molar-refractivity contribution >= 4 is 40.8 Å². The number of allylic oxidation sites excluding steroid dienone is 2. The Morgan fingerprint density at radius 2 is 1.68 bits per heavy atom. The first kappa shape index (κ1) is 16.8. The van der Waals surface area contributed by atoms with Crippen LogP contribution in [0.3, 0.4) is 0 Å². The Kier molecular flexibility index (Phi) is 3.62. The highest BCUT2D eigenvalue weighted by Crippen LogP contribution is 2.46. The van der Waals surface area contributed by atoms with Crippen molar-refractivity contribution in [3.63, 3.8) is 0 Å². The van der Waals surface area contributed by atoms with Gasteiger partial charge in [0.25, 0.3) is 0 Å². The van der Waals surface area contributed by atoms with Crippen molar-refractivity contribution in [3.8, 4) is 0 Å². The van der Waals surface area contributed by atoms with Crippen LogP contribution < -0.4 is 0 Å². The molecule has 0 N–H and O–H groups in total. The summed E-state index contributed by atoms with van der Waals surface area (Å²) in [5.74, 6) is 0. The largest absolute Gasteiger partial charge is 0.737 e. The molecule has 0 bridgehead atoms. The van der Waals surface area contributed by atoms with Gasteiger partial charge in [0.1, 0.15) is 5.71 Å². The van der Waals surface area contributed by atoms with Crippen LogP contribution in [-0.4, -0.2) is 21.6 Å². The second kappa shape index (κ2) is 5.40. The molecule has 2 aliphatic rings. The number of rotatable bonds is 1. The van der Waals surface area contributed by atoms with Crippen molar-refractivity contribution in [2.24, 2.45) is 0 Å². The molecule has 0 saturated heterocycles. The molecule has 4 rings (SSSR count). The van der Waals surface area contributed by atoms with E-state index in [-0.39, 0.29) is 0 Å². The maximum Gasteiger partial charge on any atom is 0.737 e. The third-order valence-corrected chi connectivity index (χ3v) is 6.77. The zero-order valence-corrected chi connectivity index (χ0v) is 16.7. The lowest BCUT2D eigenvalue weighted by atomic mass is 9.84. The fourth-order valence-electron chi connectivity index (χ4n) is 4.17. The quantitative estimate of drug-likeness (QED) is 0.412. The lowest BCUT2D eigenvalue weighted by Gasteiger charge is -2.34. The Labute approximate surface area is 159 Å². The van der Waals surface area contributed by atoms with Gasteiger partial charge in [0.15, 0.2) is 5.70 Å². The van der Waals surface area contributed by atoms with Crippen LogP contribution in [0.5, 0.6) is 0 Å². The van der Waals surface area contributed by atoms with Crippen LogP contribution >= 0.6 is 22.6 Å². The van der Waals surface area contributed by atoms with Gasteiger partial charge in [0.05, 0.1) is 9.15 Å². The number of nitrogens with zero attached hydrogens (tertiary/aromatic N) is 2. The van der Waals surface area contributed by atoms with Gasteiger partial charge in [0.2, 0.25) is 0 Å². The second-order valence-corrected chi connectivity index (χ2v) is 7.84. The van der Waals surface area contributed by atoms with Crippen molar-refractivity contribution in [1.29, 1.82) is 0 Å². The molecule has 0 radical (unpaired) electrons. The van der Waals surface area contributed by atoms with Gasteiger partial charge in [0, 0.05) is 18.2 Å². The molecule has 6 heteroatoms. The van der Waals surface area contributed by atoms with Crippen molar-refractivity contribution < 1.29 is 13.1 Å². The molecule has 2 nitrogen and oxygen atoms in total. The third kappa shape index (κ3) is 2.09. The van der Waals surface area contributed by atoms with E-state index < -0.39 is 6.97 Å². The number of benzene rings is 1. The predicted molar refractivity (Wildman–Crippen MR) is 107 cm³/mol. The number of hydrogen-bond donors (Lipinski definition) is 0. The highest BCUT2D eigenvalue weighted by molar-refractivity contribution is 14.1. The average molecular weight is 450 g/mol. The summed E-state index contributed by atoms with van der Waals surface area (Å²) in [6, 6.07) is 11.7. The Hall–Kier alpha value is -1.70. The Morgan fingerprint density at radius 1 is 1.04 bits per heavy atom. The number of hydrogen-bond acceptors (Lipinski definition) is 0. The highest BCUT2D eigenvalue weighted by Gasteiger charge is 2.56. The predicted octanol–water partition coefficient (Wildman–Crippen LogP) is 5.30. The van der Waals surface area contributed by atoms with Gasteiger partial charge in [-0.3, -0.25) is 0 Å². The summed E-state index contributed by atoms with van der Waals surface area (Å²) in [5, 5.41) is 0. The molecule has 0 atom stereocenters. The monoisotopic (exact) mass is 450 g/mol. The molecule has 3 heterocycles. The fraction of sp³-hybridized carbons (Fsp3) is 0.211. The van der Waals surface area contributed by atoms with E-state index >= 15 is 8.63 Å². The van der Waals surface area contributed by atoms with Gasteiger partial charge in [-0.1, -0.05) is 30.3 Å². The van der Waals surface area contributed by atoms with Crippen LogP contribution in [0.1, 0.15) is 36.4 Å². The average Bonchev–Trinajstić information content (AvgIpc) is 2.99. The summed E-state index contributed by atoms with van der Waals surface area (Å²) in [6.07, 6.45) is 0. The van der Waals surface area contributed by atoms with Gasteiger partial charge in [-0.05, 0) is 66.2 Å². The molecule has 0 amide bonds. The summed E-state index contributed by atoms with van der Waals surface area (Å²) >= 11 is 2.18. The number of aryl methyl sites for hydroxylation is 2. The molecule has 2 aliphatic heterocycles. The van der Waals surface area contributed by atoms with E-state index in [4.69, 9.17) is 0 Å². The van der Waals surface area contributed by atoms with Crippen LogP contribution in [0.4, 0.5) is 8.63 Å². The van der Waals surface area contributed by atoms with Gasteiger partial charge < -0.3 is 17.6 Å². The second-order valence-electron chi connectivity index (χ2n) is 6.76. The maximum atomic E-state index is 15.6. The fourth-order valence-corrected chi connectivity index (χ4v) is 4.68. The molecule has 2 aromatic rings. The molecule has 25 heavy (non-hydrogen) atoms. The number of fused-ring (bicyclic) bond motifs is 2. The van der Waals surface area contributed by atoms with E-state index in [2.05, 4.69) is 22.6 Å². The molecular formula is C19H18BF2IN2. The first-order valence-corrected chi connectivity index (χ1v) is 9.35. The molecule has 0 spiro atoms. The van der Waals surface area contributed by atoms with Crippen molar-refractivity contribution in [2.75, 3.05) is 0 Å². The van der Waals surface area contributed by atoms with Crippen LogP contribution in [0.25, 0.3) is 5.57 Å². The molecule has 1 aromatic carbocycles. The SMILES string of the molecule is CC1=C(I)C(C)=[N+]2C1=C(c1ccccc1)c1c(C)cc(C)n1[B-]2(F)F. The smallest absolute Gasteiger partial charge is 0.393 e. The minimum Gasteiger partial charge on any atom is -0.393 e. The van der Waals surface area contributed by atoms with Crippen LogP contribution in [0.15, 0.2) is 51.2 Å². The Balaban J connectivity index is 2.22.